The number of aryl methyl sites for hydroxylation is 1. The van der Waals surface area contributed by atoms with Gasteiger partial charge in [-0.3, -0.25) is 14.2 Å². The minimum absolute atomic E-state index is 0.0282. The number of hydrogen-bond donors (Lipinski definition) is 1. The lowest BCUT2D eigenvalue weighted by Gasteiger charge is -2.09. The summed E-state index contributed by atoms with van der Waals surface area (Å²) >= 11 is 1.19. The van der Waals surface area contributed by atoms with Crippen molar-refractivity contribution >= 4 is 17.3 Å². The summed E-state index contributed by atoms with van der Waals surface area (Å²) < 4.78 is 1.71. The monoisotopic (exact) mass is 277 g/mol. The maximum absolute atomic E-state index is 11.6. The van der Waals surface area contributed by atoms with Crippen molar-refractivity contribution in [3.63, 3.8) is 0 Å². The average molecular weight is 277 g/mol. The van der Waals surface area contributed by atoms with Crippen LogP contribution in [0.25, 0.3) is 0 Å². The Hall–Kier alpha value is -1.88. The number of rotatable bonds is 4. The van der Waals surface area contributed by atoms with Crippen molar-refractivity contribution in [3.8, 4) is 0 Å². The summed E-state index contributed by atoms with van der Waals surface area (Å²) in [5, 5.41) is 10.8. The minimum atomic E-state index is -0.836. The Morgan fingerprint density at radius 2 is 2.00 bits per heavy atom. The summed E-state index contributed by atoms with van der Waals surface area (Å²) in [4.78, 5) is 22.5. The molecule has 0 aliphatic carbocycles. The summed E-state index contributed by atoms with van der Waals surface area (Å²) in [6.07, 6.45) is 0. The topological polar surface area (TPSA) is 59.3 Å². The van der Waals surface area contributed by atoms with Gasteiger partial charge in [0.15, 0.2) is 0 Å². The molecule has 0 radical (unpaired) electrons. The van der Waals surface area contributed by atoms with Gasteiger partial charge < -0.3 is 5.11 Å². The van der Waals surface area contributed by atoms with E-state index in [9.17, 15) is 9.59 Å². The molecule has 0 bridgehead atoms. The molecule has 2 rings (SSSR count). The van der Waals surface area contributed by atoms with Crippen molar-refractivity contribution in [1.29, 1.82) is 0 Å². The van der Waals surface area contributed by atoms with Crippen molar-refractivity contribution < 1.29 is 9.90 Å². The normalized spacial score (nSPS) is 12.3. The fourth-order valence-corrected chi connectivity index (χ4v) is 2.57. The van der Waals surface area contributed by atoms with Crippen LogP contribution in [0.2, 0.25) is 0 Å². The number of carboxylic acid groups (broad SMARTS) is 1. The van der Waals surface area contributed by atoms with Gasteiger partial charge in [-0.2, -0.15) is 0 Å². The molecule has 0 saturated heterocycles. The van der Waals surface area contributed by atoms with Crippen LogP contribution in [0.3, 0.4) is 0 Å². The van der Waals surface area contributed by atoms with Gasteiger partial charge in [0.1, 0.15) is 0 Å². The van der Waals surface area contributed by atoms with Crippen LogP contribution in [0.4, 0.5) is 0 Å². The van der Waals surface area contributed by atoms with Crippen LogP contribution in [-0.2, 0) is 11.3 Å². The lowest BCUT2D eigenvalue weighted by atomic mass is 10.00. The highest BCUT2D eigenvalue weighted by molar-refractivity contribution is 7.07. The smallest absolute Gasteiger partial charge is 0.310 e. The van der Waals surface area contributed by atoms with E-state index in [-0.39, 0.29) is 4.87 Å². The van der Waals surface area contributed by atoms with Gasteiger partial charge in [0, 0.05) is 11.1 Å². The Labute approximate surface area is 115 Å². The summed E-state index contributed by atoms with van der Waals surface area (Å²) in [7, 11) is 0. The van der Waals surface area contributed by atoms with Crippen molar-refractivity contribution in [2.45, 2.75) is 26.3 Å². The maximum Gasteiger partial charge on any atom is 0.310 e. The molecular formula is C14H15NO3S. The fourth-order valence-electron chi connectivity index (χ4n) is 1.83. The van der Waals surface area contributed by atoms with E-state index in [0.29, 0.717) is 6.54 Å². The number of benzene rings is 1. The predicted octanol–water partition coefficient (Wildman–Crippen LogP) is 2.45. The minimum Gasteiger partial charge on any atom is -0.481 e. The van der Waals surface area contributed by atoms with E-state index in [2.05, 4.69) is 0 Å². The molecule has 1 N–H and O–H groups in total. The first-order valence-corrected chi connectivity index (χ1v) is 6.83. The second-order valence-corrected chi connectivity index (χ2v) is 5.35. The second-order valence-electron chi connectivity index (χ2n) is 4.53. The fraction of sp³-hybridized carbons (Fsp3) is 0.286. The van der Waals surface area contributed by atoms with Crippen molar-refractivity contribution in [2.75, 3.05) is 0 Å². The number of carbonyl (C=O) groups is 1. The number of aromatic nitrogens is 1. The Bertz CT molecular complexity index is 639. The van der Waals surface area contributed by atoms with Crippen LogP contribution >= 0.6 is 11.3 Å². The molecule has 1 aromatic heterocycles. The lowest BCUT2D eigenvalue weighted by molar-refractivity contribution is -0.138. The molecule has 100 valence electrons. The molecule has 19 heavy (non-hydrogen) atoms. The molecule has 1 unspecified atom stereocenters. The van der Waals surface area contributed by atoms with Gasteiger partial charge in [0.05, 0.1) is 12.5 Å². The van der Waals surface area contributed by atoms with Crippen LogP contribution in [0.1, 0.15) is 29.7 Å². The molecule has 5 heteroatoms. The molecule has 0 amide bonds. The predicted molar refractivity (Wildman–Crippen MR) is 74.9 cm³/mol. The molecule has 0 aliphatic heterocycles. The van der Waals surface area contributed by atoms with Crippen LogP contribution in [0.5, 0.6) is 0 Å². The van der Waals surface area contributed by atoms with Crippen molar-refractivity contribution in [2.24, 2.45) is 0 Å². The maximum atomic E-state index is 11.6. The zero-order valence-corrected chi connectivity index (χ0v) is 11.6. The second kappa shape index (κ2) is 5.40. The van der Waals surface area contributed by atoms with Gasteiger partial charge in [0.25, 0.3) is 0 Å². The third-order valence-corrected chi connectivity index (χ3v) is 4.05. The van der Waals surface area contributed by atoms with Crippen LogP contribution < -0.4 is 4.87 Å². The number of nitrogens with zero attached hydrogens (tertiary/aromatic N) is 1. The highest BCUT2D eigenvalue weighted by atomic mass is 32.1. The van der Waals surface area contributed by atoms with E-state index in [4.69, 9.17) is 5.11 Å². The first-order chi connectivity index (χ1) is 8.99. The Morgan fingerprint density at radius 1 is 1.37 bits per heavy atom. The molecule has 0 fully saturated rings. The molecule has 0 spiro atoms. The largest absolute Gasteiger partial charge is 0.481 e. The highest BCUT2D eigenvalue weighted by Gasteiger charge is 2.13. The summed E-state index contributed by atoms with van der Waals surface area (Å²) in [6.45, 7) is 4.08. The van der Waals surface area contributed by atoms with Gasteiger partial charge in [-0.15, -0.1) is 0 Å². The molecule has 1 atom stereocenters. The molecule has 1 aromatic carbocycles. The molecule has 1 heterocycles. The lowest BCUT2D eigenvalue weighted by Crippen LogP contribution is -2.15. The molecule has 0 saturated carbocycles. The van der Waals surface area contributed by atoms with Crippen LogP contribution in [-0.4, -0.2) is 15.6 Å². The van der Waals surface area contributed by atoms with Gasteiger partial charge in [-0.05, 0) is 25.0 Å². The third-order valence-electron chi connectivity index (χ3n) is 3.17. The first-order valence-electron chi connectivity index (χ1n) is 5.95. The van der Waals surface area contributed by atoms with Crippen LogP contribution in [0.15, 0.2) is 34.4 Å². The van der Waals surface area contributed by atoms with Crippen LogP contribution in [0, 0.1) is 6.92 Å². The quantitative estimate of drug-likeness (QED) is 0.934. The Kier molecular flexibility index (Phi) is 3.85. The zero-order valence-electron chi connectivity index (χ0n) is 10.8. The summed E-state index contributed by atoms with van der Waals surface area (Å²) in [6, 6.07) is 7.36. The molecule has 0 aliphatic rings. The van der Waals surface area contributed by atoms with E-state index < -0.39 is 11.9 Å². The van der Waals surface area contributed by atoms with Gasteiger partial charge in [-0.25, -0.2) is 0 Å². The first kappa shape index (κ1) is 13.5. The SMILES string of the molecule is Cc1csc(=O)n1Cc1ccc(C(C)C(=O)O)cc1. The standard InChI is InChI=1S/C14H15NO3S/c1-9-8-19-14(18)15(9)7-11-3-5-12(6-4-11)10(2)13(16)17/h3-6,8,10H,7H2,1-2H3,(H,16,17). The molecule has 4 nitrogen and oxygen atoms in total. The third kappa shape index (κ3) is 2.93. The van der Waals surface area contributed by atoms with Crippen molar-refractivity contribution in [1.82, 2.24) is 4.57 Å². The number of thiazole rings is 1. The van der Waals surface area contributed by atoms with Gasteiger partial charge >= 0.3 is 10.8 Å². The van der Waals surface area contributed by atoms with E-state index >= 15 is 0 Å². The Morgan fingerprint density at radius 3 is 2.47 bits per heavy atom. The number of hydrogen-bond acceptors (Lipinski definition) is 3. The van der Waals surface area contributed by atoms with E-state index in [1.165, 1.54) is 11.3 Å². The van der Waals surface area contributed by atoms with Crippen molar-refractivity contribution in [3.05, 3.63) is 56.1 Å². The van der Waals surface area contributed by atoms with E-state index in [1.54, 1.807) is 23.6 Å². The van der Waals surface area contributed by atoms with E-state index in [1.807, 2.05) is 24.4 Å². The van der Waals surface area contributed by atoms with Gasteiger partial charge in [-0.1, -0.05) is 35.6 Å². The van der Waals surface area contributed by atoms with Gasteiger partial charge in [0.2, 0.25) is 0 Å². The molecule has 2 aromatic rings. The molecular weight excluding hydrogens is 262 g/mol. The average Bonchev–Trinajstić information content (AvgIpc) is 2.70. The summed E-state index contributed by atoms with van der Waals surface area (Å²) in [5.74, 6) is -1.35. The highest BCUT2D eigenvalue weighted by Crippen LogP contribution is 2.16. The number of carboxylic acids is 1. The summed E-state index contributed by atoms with van der Waals surface area (Å²) in [5.41, 5.74) is 2.70. The number of aliphatic carboxylic acids is 1. The zero-order chi connectivity index (χ0) is 14.0. The van der Waals surface area contributed by atoms with E-state index in [0.717, 1.165) is 16.8 Å². The Balaban J connectivity index is 2.20.